The van der Waals surface area contributed by atoms with E-state index in [0.29, 0.717) is 11.6 Å². The zero-order chi connectivity index (χ0) is 18.4. The molecule has 0 fully saturated rings. The maximum absolute atomic E-state index is 12.1. The molecule has 0 saturated carbocycles. The molecule has 1 amide bonds. The van der Waals surface area contributed by atoms with E-state index < -0.39 is 0 Å². The lowest BCUT2D eigenvalue weighted by molar-refractivity contribution is -0.116. The van der Waals surface area contributed by atoms with E-state index >= 15 is 0 Å². The van der Waals surface area contributed by atoms with Crippen molar-refractivity contribution in [3.05, 3.63) is 65.5 Å². The number of amides is 1. The Bertz CT molecular complexity index is 842. The number of carbonyl (C=O) groups is 1. The minimum absolute atomic E-state index is 0.0181. The summed E-state index contributed by atoms with van der Waals surface area (Å²) in [5, 5.41) is 5.46. The third kappa shape index (κ3) is 5.17. The highest BCUT2D eigenvalue weighted by Crippen LogP contribution is 2.27. The zero-order valence-electron chi connectivity index (χ0n) is 14.9. The summed E-state index contributed by atoms with van der Waals surface area (Å²) in [5.74, 6) is 0.823. The van der Waals surface area contributed by atoms with Crippen LogP contribution in [0, 0.1) is 0 Å². The van der Waals surface area contributed by atoms with Crippen LogP contribution in [0.2, 0.25) is 0 Å². The van der Waals surface area contributed by atoms with Crippen molar-refractivity contribution in [2.45, 2.75) is 32.8 Å². The van der Waals surface area contributed by atoms with Crippen molar-refractivity contribution in [2.75, 3.05) is 5.32 Å². The third-order valence-electron chi connectivity index (χ3n) is 3.76. The van der Waals surface area contributed by atoms with Crippen molar-refractivity contribution in [3.8, 4) is 17.0 Å². The van der Waals surface area contributed by atoms with E-state index in [4.69, 9.17) is 4.74 Å². The number of ether oxygens (including phenoxy) is 1. The molecule has 1 aromatic heterocycles. The maximum atomic E-state index is 12.1. The second-order valence-corrected chi connectivity index (χ2v) is 7.12. The second-order valence-electron chi connectivity index (χ2n) is 6.26. The Labute approximate surface area is 157 Å². The molecule has 3 aromatic rings. The van der Waals surface area contributed by atoms with Gasteiger partial charge in [0.15, 0.2) is 5.13 Å². The van der Waals surface area contributed by atoms with Gasteiger partial charge in [-0.2, -0.15) is 0 Å². The molecule has 0 atom stereocenters. The molecule has 0 aliphatic heterocycles. The Balaban J connectivity index is 1.56. The van der Waals surface area contributed by atoms with Gasteiger partial charge in [-0.25, -0.2) is 4.98 Å². The van der Waals surface area contributed by atoms with Gasteiger partial charge in [0.25, 0.3) is 0 Å². The maximum Gasteiger partial charge on any atom is 0.226 e. The van der Waals surface area contributed by atoms with E-state index in [2.05, 4.69) is 10.3 Å². The summed E-state index contributed by atoms with van der Waals surface area (Å²) in [5.41, 5.74) is 3.01. The van der Waals surface area contributed by atoms with E-state index in [0.717, 1.165) is 29.0 Å². The summed E-state index contributed by atoms with van der Waals surface area (Å²) in [7, 11) is 0. The average Bonchev–Trinajstić information content (AvgIpc) is 3.09. The Morgan fingerprint density at radius 3 is 2.54 bits per heavy atom. The predicted octanol–water partition coefficient (Wildman–Crippen LogP) is 5.17. The topological polar surface area (TPSA) is 51.2 Å². The van der Waals surface area contributed by atoms with Crippen molar-refractivity contribution < 1.29 is 9.53 Å². The lowest BCUT2D eigenvalue weighted by Crippen LogP contribution is -2.12. The molecule has 0 bridgehead atoms. The predicted molar refractivity (Wildman–Crippen MR) is 107 cm³/mol. The summed E-state index contributed by atoms with van der Waals surface area (Å²) in [6.07, 6.45) is 1.32. The fraction of sp³-hybridized carbons (Fsp3) is 0.238. The first-order chi connectivity index (χ1) is 12.6. The van der Waals surface area contributed by atoms with Gasteiger partial charge in [-0.3, -0.25) is 4.79 Å². The summed E-state index contributed by atoms with van der Waals surface area (Å²) in [6, 6.07) is 17.8. The van der Waals surface area contributed by atoms with E-state index in [1.165, 1.54) is 11.3 Å². The summed E-state index contributed by atoms with van der Waals surface area (Å²) < 4.78 is 5.65. The van der Waals surface area contributed by atoms with Gasteiger partial charge < -0.3 is 10.1 Å². The first-order valence-corrected chi connectivity index (χ1v) is 9.54. The van der Waals surface area contributed by atoms with Crippen LogP contribution in [0.25, 0.3) is 11.3 Å². The lowest BCUT2D eigenvalue weighted by Gasteiger charge is -2.09. The van der Waals surface area contributed by atoms with Crippen LogP contribution < -0.4 is 10.1 Å². The molecule has 3 rings (SSSR count). The summed E-state index contributed by atoms with van der Waals surface area (Å²) in [6.45, 7) is 4.00. The van der Waals surface area contributed by atoms with Crippen LogP contribution in [0.5, 0.6) is 5.75 Å². The van der Waals surface area contributed by atoms with Crippen LogP contribution >= 0.6 is 11.3 Å². The van der Waals surface area contributed by atoms with Crippen molar-refractivity contribution >= 4 is 22.4 Å². The molecule has 1 heterocycles. The highest BCUT2D eigenvalue weighted by atomic mass is 32.1. The Morgan fingerprint density at radius 2 is 1.85 bits per heavy atom. The number of aryl methyl sites for hydroxylation is 1. The summed E-state index contributed by atoms with van der Waals surface area (Å²) >= 11 is 1.43. The van der Waals surface area contributed by atoms with Gasteiger partial charge in [-0.15, -0.1) is 11.3 Å². The largest absolute Gasteiger partial charge is 0.491 e. The quantitative estimate of drug-likeness (QED) is 0.628. The van der Waals surface area contributed by atoms with E-state index in [-0.39, 0.29) is 12.0 Å². The number of anilines is 1. The highest BCUT2D eigenvalue weighted by molar-refractivity contribution is 7.14. The molecular weight excluding hydrogens is 344 g/mol. The molecule has 26 heavy (non-hydrogen) atoms. The minimum atomic E-state index is -0.0181. The molecule has 0 radical (unpaired) electrons. The third-order valence-corrected chi connectivity index (χ3v) is 4.51. The number of rotatable bonds is 7. The lowest BCUT2D eigenvalue weighted by atomic mass is 10.1. The van der Waals surface area contributed by atoms with Crippen LogP contribution in [-0.2, 0) is 11.2 Å². The number of benzene rings is 2. The number of aromatic nitrogens is 1. The molecule has 1 N–H and O–H groups in total. The Kier molecular flexibility index (Phi) is 6.02. The fourth-order valence-electron chi connectivity index (χ4n) is 2.52. The van der Waals surface area contributed by atoms with Crippen molar-refractivity contribution in [1.82, 2.24) is 4.98 Å². The van der Waals surface area contributed by atoms with Crippen molar-refractivity contribution in [1.29, 1.82) is 0 Å². The standard InChI is InChI=1S/C21H22N2O2S/c1-15(2)25-18-11-9-17(10-12-18)19-14-26-21(22-19)23-20(24)13-8-16-6-4-3-5-7-16/h3-7,9-12,14-15H,8,13H2,1-2H3,(H,22,23,24). The van der Waals surface area contributed by atoms with E-state index in [1.807, 2.05) is 73.8 Å². The first-order valence-electron chi connectivity index (χ1n) is 8.66. The van der Waals surface area contributed by atoms with E-state index in [1.54, 1.807) is 0 Å². The SMILES string of the molecule is CC(C)Oc1ccc(-c2csc(NC(=O)CCc3ccccc3)n2)cc1. The normalized spacial score (nSPS) is 10.7. The van der Waals surface area contributed by atoms with E-state index in [9.17, 15) is 4.79 Å². The zero-order valence-corrected chi connectivity index (χ0v) is 15.8. The highest BCUT2D eigenvalue weighted by Gasteiger charge is 2.09. The van der Waals surface area contributed by atoms with Gasteiger partial charge >= 0.3 is 0 Å². The van der Waals surface area contributed by atoms with Crippen molar-refractivity contribution in [3.63, 3.8) is 0 Å². The minimum Gasteiger partial charge on any atom is -0.491 e. The number of nitrogens with one attached hydrogen (secondary N) is 1. The van der Waals surface area contributed by atoms with Gasteiger partial charge in [-0.1, -0.05) is 30.3 Å². The van der Waals surface area contributed by atoms with Gasteiger partial charge in [0.05, 0.1) is 11.8 Å². The molecule has 0 aliphatic rings. The van der Waals surface area contributed by atoms with Gasteiger partial charge in [-0.05, 0) is 50.1 Å². The molecule has 134 valence electrons. The smallest absolute Gasteiger partial charge is 0.226 e. The number of hydrogen-bond acceptors (Lipinski definition) is 4. The summed E-state index contributed by atoms with van der Waals surface area (Å²) in [4.78, 5) is 16.6. The second kappa shape index (κ2) is 8.63. The molecule has 5 heteroatoms. The first kappa shape index (κ1) is 18.1. The molecule has 4 nitrogen and oxygen atoms in total. The molecule has 0 unspecified atom stereocenters. The van der Waals surface area contributed by atoms with Crippen molar-refractivity contribution in [2.24, 2.45) is 0 Å². The van der Waals surface area contributed by atoms with Crippen LogP contribution in [0.15, 0.2) is 60.0 Å². The number of nitrogens with zero attached hydrogens (tertiary/aromatic N) is 1. The molecular formula is C21H22N2O2S. The van der Waals surface area contributed by atoms with Gasteiger partial charge in [0.2, 0.25) is 5.91 Å². The van der Waals surface area contributed by atoms with Crippen LogP contribution in [-0.4, -0.2) is 17.0 Å². The van der Waals surface area contributed by atoms with Gasteiger partial charge in [0.1, 0.15) is 5.75 Å². The Morgan fingerprint density at radius 1 is 1.12 bits per heavy atom. The monoisotopic (exact) mass is 366 g/mol. The van der Waals surface area contributed by atoms with Crippen LogP contribution in [0.1, 0.15) is 25.8 Å². The Hall–Kier alpha value is -2.66. The number of thiazole rings is 1. The molecule has 0 aliphatic carbocycles. The number of carbonyl (C=O) groups excluding carboxylic acids is 1. The molecule has 2 aromatic carbocycles. The molecule has 0 saturated heterocycles. The fourth-order valence-corrected chi connectivity index (χ4v) is 3.26. The average molecular weight is 366 g/mol. The number of hydrogen-bond donors (Lipinski definition) is 1. The van der Waals surface area contributed by atoms with Crippen LogP contribution in [0.3, 0.4) is 0 Å². The van der Waals surface area contributed by atoms with Crippen LogP contribution in [0.4, 0.5) is 5.13 Å². The molecule has 0 spiro atoms. The van der Waals surface area contributed by atoms with Gasteiger partial charge in [0, 0.05) is 17.4 Å².